The van der Waals surface area contributed by atoms with Crippen molar-refractivity contribution in [2.45, 2.75) is 59.7 Å². The van der Waals surface area contributed by atoms with Gasteiger partial charge in [0.2, 0.25) is 0 Å². The Hall–Kier alpha value is -3.00. The number of nitrogens with zero attached hydrogens (tertiary/aromatic N) is 5. The summed E-state index contributed by atoms with van der Waals surface area (Å²) < 4.78 is 7.70. The van der Waals surface area contributed by atoms with E-state index in [9.17, 15) is 4.79 Å². The van der Waals surface area contributed by atoms with Crippen molar-refractivity contribution in [2.75, 3.05) is 13.6 Å². The average Bonchev–Trinajstić information content (AvgIpc) is 3.27. The molecule has 170 valence electrons. The average molecular weight is 437 g/mol. The molecule has 1 aliphatic rings. The number of amides is 1. The zero-order valence-electron chi connectivity index (χ0n) is 19.8. The molecule has 32 heavy (non-hydrogen) atoms. The summed E-state index contributed by atoms with van der Waals surface area (Å²) in [6.07, 6.45) is 1.00. The number of aromatic nitrogens is 4. The second-order valence-corrected chi connectivity index (χ2v) is 9.82. The van der Waals surface area contributed by atoms with Gasteiger partial charge < -0.3 is 19.3 Å². The molecule has 4 rings (SSSR count). The number of carbonyl (C=O) groups is 1. The maximum atomic E-state index is 13.7. The lowest BCUT2D eigenvalue weighted by Crippen LogP contribution is -2.52. The van der Waals surface area contributed by atoms with Crippen LogP contribution in [0.2, 0.25) is 0 Å². The minimum absolute atomic E-state index is 0.237. The van der Waals surface area contributed by atoms with Crippen LogP contribution in [0, 0.1) is 12.3 Å². The fourth-order valence-corrected chi connectivity index (χ4v) is 4.06. The summed E-state index contributed by atoms with van der Waals surface area (Å²) >= 11 is 0. The summed E-state index contributed by atoms with van der Waals surface area (Å²) in [4.78, 5) is 25.3. The maximum absolute atomic E-state index is 13.7. The van der Waals surface area contributed by atoms with E-state index in [2.05, 4.69) is 32.0 Å². The van der Waals surface area contributed by atoms with Crippen LogP contribution in [0.5, 0.6) is 0 Å². The molecular weight excluding hydrogens is 404 g/mol. The highest BCUT2D eigenvalue weighted by Crippen LogP contribution is 2.39. The van der Waals surface area contributed by atoms with Gasteiger partial charge in [0.1, 0.15) is 11.4 Å². The molecule has 1 aliphatic heterocycles. The van der Waals surface area contributed by atoms with E-state index in [0.717, 1.165) is 36.6 Å². The number of benzene rings is 1. The Morgan fingerprint density at radius 1 is 1.09 bits per heavy atom. The highest BCUT2D eigenvalue weighted by atomic mass is 16.5. The lowest BCUT2D eigenvalue weighted by Gasteiger charge is -2.39. The van der Waals surface area contributed by atoms with Crippen molar-refractivity contribution in [3.05, 3.63) is 53.4 Å². The molecule has 0 spiro atoms. The molecule has 0 saturated carbocycles. The quantitative estimate of drug-likeness (QED) is 0.670. The molecule has 3 heterocycles. The van der Waals surface area contributed by atoms with Crippen LogP contribution in [-0.4, -0.2) is 44.1 Å². The fourth-order valence-electron chi connectivity index (χ4n) is 4.06. The van der Waals surface area contributed by atoms with Crippen molar-refractivity contribution >= 4 is 5.91 Å². The number of imidazole rings is 1. The van der Waals surface area contributed by atoms with Gasteiger partial charge in [-0.2, -0.15) is 4.98 Å². The molecule has 1 amide bonds. The van der Waals surface area contributed by atoms with Gasteiger partial charge >= 0.3 is 0 Å². The topological polar surface area (TPSA) is 89.1 Å². The van der Waals surface area contributed by atoms with Gasteiger partial charge in [0.15, 0.2) is 11.5 Å². The van der Waals surface area contributed by atoms with Gasteiger partial charge in [-0.1, -0.05) is 56.3 Å². The summed E-state index contributed by atoms with van der Waals surface area (Å²) in [5.41, 5.74) is 1.13. The number of carbonyl (C=O) groups excluding carboxylic acids is 1. The van der Waals surface area contributed by atoms with Gasteiger partial charge in [0.05, 0.1) is 5.69 Å². The van der Waals surface area contributed by atoms with E-state index in [-0.39, 0.29) is 11.3 Å². The van der Waals surface area contributed by atoms with Crippen LogP contribution < -0.4 is 5.32 Å². The van der Waals surface area contributed by atoms with Crippen LogP contribution in [-0.2, 0) is 18.6 Å². The molecule has 8 heteroatoms. The zero-order valence-corrected chi connectivity index (χ0v) is 19.8. The first kappa shape index (κ1) is 22.2. The molecule has 3 aromatic rings. The summed E-state index contributed by atoms with van der Waals surface area (Å²) in [6.45, 7) is 12.3. The Balaban J connectivity index is 1.79. The largest absolute Gasteiger partial charge is 0.337 e. The monoisotopic (exact) mass is 436 g/mol. The molecule has 2 aromatic heterocycles. The van der Waals surface area contributed by atoms with Crippen molar-refractivity contribution in [1.82, 2.24) is 29.9 Å². The van der Waals surface area contributed by atoms with Crippen molar-refractivity contribution in [3.63, 3.8) is 0 Å². The fraction of sp³-hybridized carbons (Fsp3) is 0.500. The lowest BCUT2D eigenvalue weighted by atomic mass is 9.74. The summed E-state index contributed by atoms with van der Waals surface area (Å²) in [5, 5.41) is 7.15. The number of hydrogen-bond acceptors (Lipinski definition) is 6. The molecule has 0 saturated heterocycles. The third-order valence-corrected chi connectivity index (χ3v) is 6.48. The Bertz CT molecular complexity index is 1110. The predicted octanol–water partition coefficient (Wildman–Crippen LogP) is 3.77. The maximum Gasteiger partial charge on any atom is 0.272 e. The van der Waals surface area contributed by atoms with Gasteiger partial charge in [0.25, 0.3) is 11.8 Å². The van der Waals surface area contributed by atoms with E-state index in [1.807, 2.05) is 58.0 Å². The SMILES string of the molecule is Cc1noc([C@](C)(NC(=O)c2nc(-c3ccccc3)n3c2CN(C)CCC3)C(C)(C)C)n1. The van der Waals surface area contributed by atoms with Crippen LogP contribution in [0.4, 0.5) is 0 Å². The number of nitrogens with one attached hydrogen (secondary N) is 1. The van der Waals surface area contributed by atoms with E-state index in [1.54, 1.807) is 6.92 Å². The highest BCUT2D eigenvalue weighted by molar-refractivity contribution is 5.95. The number of aryl methyl sites for hydroxylation is 1. The summed E-state index contributed by atoms with van der Waals surface area (Å²) in [7, 11) is 2.08. The van der Waals surface area contributed by atoms with Gasteiger partial charge in [-0.3, -0.25) is 4.79 Å². The number of hydrogen-bond donors (Lipinski definition) is 1. The molecule has 0 aliphatic carbocycles. The lowest BCUT2D eigenvalue weighted by molar-refractivity contribution is 0.0699. The Morgan fingerprint density at radius 2 is 1.81 bits per heavy atom. The molecular formula is C24H32N6O2. The first-order valence-corrected chi connectivity index (χ1v) is 11.1. The Kier molecular flexibility index (Phi) is 5.67. The van der Waals surface area contributed by atoms with Gasteiger partial charge in [-0.15, -0.1) is 0 Å². The van der Waals surface area contributed by atoms with Crippen LogP contribution >= 0.6 is 0 Å². The van der Waals surface area contributed by atoms with Crippen LogP contribution in [0.1, 0.15) is 62.0 Å². The van der Waals surface area contributed by atoms with Gasteiger partial charge in [0, 0.05) is 18.7 Å². The Labute approximate surface area is 189 Å². The molecule has 1 N–H and O–H groups in total. The molecule has 0 fully saturated rings. The van der Waals surface area contributed by atoms with Crippen molar-refractivity contribution in [1.29, 1.82) is 0 Å². The van der Waals surface area contributed by atoms with E-state index < -0.39 is 5.54 Å². The molecule has 0 bridgehead atoms. The van der Waals surface area contributed by atoms with Crippen LogP contribution in [0.15, 0.2) is 34.9 Å². The second kappa shape index (κ2) is 8.16. The third kappa shape index (κ3) is 3.95. The second-order valence-electron chi connectivity index (χ2n) is 9.82. The number of rotatable bonds is 4. The third-order valence-electron chi connectivity index (χ3n) is 6.48. The standard InChI is InChI=1S/C24H32N6O2/c1-16-25-22(32-28-16)24(5,23(2,3)4)27-21(31)19-18-15-29(6)13-10-14-30(18)20(26-19)17-11-8-7-9-12-17/h7-9,11-12H,10,13-15H2,1-6H3,(H,27,31)/t24-/m0/s1. The summed E-state index contributed by atoms with van der Waals surface area (Å²) in [6, 6.07) is 10.0. The van der Waals surface area contributed by atoms with Crippen LogP contribution in [0.3, 0.4) is 0 Å². The molecule has 1 aromatic carbocycles. The van der Waals surface area contributed by atoms with E-state index in [4.69, 9.17) is 9.51 Å². The first-order valence-electron chi connectivity index (χ1n) is 11.1. The molecule has 0 radical (unpaired) electrons. The normalized spacial score (nSPS) is 16.8. The van der Waals surface area contributed by atoms with E-state index in [1.165, 1.54) is 0 Å². The number of fused-ring (bicyclic) bond motifs is 1. The highest BCUT2D eigenvalue weighted by Gasteiger charge is 2.46. The van der Waals surface area contributed by atoms with Gasteiger partial charge in [-0.05, 0) is 39.3 Å². The zero-order chi connectivity index (χ0) is 23.1. The molecule has 1 atom stereocenters. The summed E-state index contributed by atoms with van der Waals surface area (Å²) in [5.74, 6) is 1.52. The first-order chi connectivity index (χ1) is 15.1. The smallest absolute Gasteiger partial charge is 0.272 e. The van der Waals surface area contributed by atoms with E-state index in [0.29, 0.717) is 24.0 Å². The minimum atomic E-state index is -0.870. The van der Waals surface area contributed by atoms with Crippen molar-refractivity contribution in [2.24, 2.45) is 5.41 Å². The van der Waals surface area contributed by atoms with Gasteiger partial charge in [-0.25, -0.2) is 4.98 Å². The molecule has 0 unspecified atom stereocenters. The van der Waals surface area contributed by atoms with E-state index >= 15 is 0 Å². The minimum Gasteiger partial charge on any atom is -0.337 e. The van der Waals surface area contributed by atoms with Crippen LogP contribution in [0.25, 0.3) is 11.4 Å². The van der Waals surface area contributed by atoms with Crippen molar-refractivity contribution in [3.8, 4) is 11.4 Å². The predicted molar refractivity (Wildman–Crippen MR) is 122 cm³/mol. The Morgan fingerprint density at radius 3 is 2.44 bits per heavy atom. The van der Waals surface area contributed by atoms with Crippen molar-refractivity contribution < 1.29 is 9.32 Å². The molecule has 8 nitrogen and oxygen atoms in total.